The number of thioether (sulfide) groups is 1. The van der Waals surface area contributed by atoms with Gasteiger partial charge in [-0.2, -0.15) is 0 Å². The SMILES string of the molecule is COc1cc(OC)c(NC(=O)CSc2nnc(-c3ccccc3)o2)cc1Cl. The predicted octanol–water partition coefficient (Wildman–Crippen LogP) is 4.14. The summed E-state index contributed by atoms with van der Waals surface area (Å²) < 4.78 is 16.0. The van der Waals surface area contributed by atoms with Gasteiger partial charge in [0.05, 0.1) is 30.7 Å². The maximum absolute atomic E-state index is 12.2. The van der Waals surface area contributed by atoms with Crippen molar-refractivity contribution in [3.05, 3.63) is 47.5 Å². The van der Waals surface area contributed by atoms with Gasteiger partial charge in [0.2, 0.25) is 11.8 Å². The van der Waals surface area contributed by atoms with Gasteiger partial charge in [0.15, 0.2) is 0 Å². The third-order valence-electron chi connectivity index (χ3n) is 3.50. The van der Waals surface area contributed by atoms with Crippen LogP contribution in [-0.4, -0.2) is 36.1 Å². The standard InChI is InChI=1S/C18H16ClN3O4S/c1-24-14-9-15(25-2)13(8-12(14)19)20-16(23)10-27-18-22-21-17(26-18)11-6-4-3-5-7-11/h3-9H,10H2,1-2H3,(H,20,23). The predicted molar refractivity (Wildman–Crippen MR) is 104 cm³/mol. The number of rotatable bonds is 7. The third-order valence-corrected chi connectivity index (χ3v) is 4.62. The van der Waals surface area contributed by atoms with Gasteiger partial charge >= 0.3 is 0 Å². The molecule has 7 nitrogen and oxygen atoms in total. The van der Waals surface area contributed by atoms with Crippen LogP contribution in [0.2, 0.25) is 5.02 Å². The van der Waals surface area contributed by atoms with E-state index in [1.54, 1.807) is 12.1 Å². The fourth-order valence-electron chi connectivity index (χ4n) is 2.24. The fraction of sp³-hybridized carbons (Fsp3) is 0.167. The monoisotopic (exact) mass is 405 g/mol. The van der Waals surface area contributed by atoms with Gasteiger partial charge in [-0.15, -0.1) is 10.2 Å². The van der Waals surface area contributed by atoms with Gasteiger partial charge in [-0.25, -0.2) is 0 Å². The van der Waals surface area contributed by atoms with Crippen LogP contribution in [0.5, 0.6) is 11.5 Å². The molecule has 0 unspecified atom stereocenters. The van der Waals surface area contributed by atoms with Crippen molar-refractivity contribution in [2.75, 3.05) is 25.3 Å². The molecule has 1 heterocycles. The van der Waals surface area contributed by atoms with E-state index in [0.717, 1.165) is 17.3 Å². The normalized spacial score (nSPS) is 10.5. The maximum atomic E-state index is 12.2. The molecule has 0 aliphatic heterocycles. The highest BCUT2D eigenvalue weighted by Gasteiger charge is 2.15. The molecule has 2 aromatic carbocycles. The number of carbonyl (C=O) groups is 1. The third kappa shape index (κ3) is 4.72. The Hall–Kier alpha value is -2.71. The highest BCUT2D eigenvalue weighted by molar-refractivity contribution is 7.99. The molecule has 0 aliphatic rings. The second kappa shape index (κ2) is 8.79. The van der Waals surface area contributed by atoms with Crippen LogP contribution in [0.15, 0.2) is 52.1 Å². The minimum atomic E-state index is -0.265. The van der Waals surface area contributed by atoms with Crippen molar-refractivity contribution >= 4 is 35.0 Å². The van der Waals surface area contributed by atoms with Crippen molar-refractivity contribution in [3.63, 3.8) is 0 Å². The number of carbonyl (C=O) groups excluding carboxylic acids is 1. The molecular weight excluding hydrogens is 390 g/mol. The number of nitrogens with zero attached hydrogens (tertiary/aromatic N) is 2. The van der Waals surface area contributed by atoms with E-state index in [1.807, 2.05) is 30.3 Å². The van der Waals surface area contributed by atoms with E-state index in [9.17, 15) is 4.79 Å². The number of nitrogens with one attached hydrogen (secondary N) is 1. The Morgan fingerprint density at radius 1 is 1.15 bits per heavy atom. The molecule has 140 valence electrons. The summed E-state index contributed by atoms with van der Waals surface area (Å²) >= 11 is 7.24. The summed E-state index contributed by atoms with van der Waals surface area (Å²) in [4.78, 5) is 12.2. The van der Waals surface area contributed by atoms with E-state index < -0.39 is 0 Å². The molecule has 27 heavy (non-hydrogen) atoms. The van der Waals surface area contributed by atoms with Crippen LogP contribution in [0.3, 0.4) is 0 Å². The minimum Gasteiger partial charge on any atom is -0.495 e. The first-order valence-electron chi connectivity index (χ1n) is 7.84. The Labute approximate surface area is 165 Å². The molecule has 0 atom stereocenters. The number of aromatic nitrogens is 2. The summed E-state index contributed by atoms with van der Waals surface area (Å²) in [6.07, 6.45) is 0. The molecule has 0 bridgehead atoms. The fourth-order valence-corrected chi connectivity index (χ4v) is 3.04. The second-order valence-electron chi connectivity index (χ2n) is 5.26. The zero-order valence-electron chi connectivity index (χ0n) is 14.6. The summed E-state index contributed by atoms with van der Waals surface area (Å²) in [5, 5.41) is 11.4. The van der Waals surface area contributed by atoms with Crippen LogP contribution >= 0.6 is 23.4 Å². The average Bonchev–Trinajstić information content (AvgIpc) is 3.16. The van der Waals surface area contributed by atoms with Crippen molar-refractivity contribution in [1.29, 1.82) is 0 Å². The number of ether oxygens (including phenoxy) is 2. The van der Waals surface area contributed by atoms with Crippen molar-refractivity contribution in [1.82, 2.24) is 10.2 Å². The van der Waals surface area contributed by atoms with E-state index in [2.05, 4.69) is 15.5 Å². The lowest BCUT2D eigenvalue weighted by Crippen LogP contribution is -2.14. The Balaban J connectivity index is 1.62. The van der Waals surface area contributed by atoms with Gasteiger partial charge in [-0.1, -0.05) is 41.6 Å². The molecule has 0 saturated heterocycles. The maximum Gasteiger partial charge on any atom is 0.277 e. The molecule has 0 saturated carbocycles. The summed E-state index contributed by atoms with van der Waals surface area (Å²) in [6.45, 7) is 0. The van der Waals surface area contributed by atoms with E-state index in [4.69, 9.17) is 25.5 Å². The molecular formula is C18H16ClN3O4S. The van der Waals surface area contributed by atoms with E-state index >= 15 is 0 Å². The van der Waals surface area contributed by atoms with Crippen LogP contribution in [0.4, 0.5) is 5.69 Å². The summed E-state index contributed by atoms with van der Waals surface area (Å²) in [5.74, 6) is 1.13. The number of hydrogen-bond acceptors (Lipinski definition) is 7. The van der Waals surface area contributed by atoms with Gasteiger partial charge in [-0.05, 0) is 18.2 Å². The number of methoxy groups -OCH3 is 2. The van der Waals surface area contributed by atoms with Crippen LogP contribution in [0, 0.1) is 0 Å². The van der Waals surface area contributed by atoms with E-state index in [-0.39, 0.29) is 11.7 Å². The molecule has 9 heteroatoms. The largest absolute Gasteiger partial charge is 0.495 e. The van der Waals surface area contributed by atoms with Crippen molar-refractivity contribution in [2.24, 2.45) is 0 Å². The zero-order chi connectivity index (χ0) is 19.2. The lowest BCUT2D eigenvalue weighted by molar-refractivity contribution is -0.113. The first-order valence-corrected chi connectivity index (χ1v) is 9.20. The summed E-state index contributed by atoms with van der Waals surface area (Å²) in [6, 6.07) is 12.6. The first-order chi connectivity index (χ1) is 13.1. The van der Waals surface area contributed by atoms with Crippen molar-refractivity contribution < 1.29 is 18.7 Å². The van der Waals surface area contributed by atoms with Gasteiger partial charge in [0, 0.05) is 11.6 Å². The number of amides is 1. The second-order valence-corrected chi connectivity index (χ2v) is 6.60. The molecule has 0 fully saturated rings. The van der Waals surface area contributed by atoms with E-state index in [0.29, 0.717) is 33.3 Å². The van der Waals surface area contributed by atoms with Crippen molar-refractivity contribution in [3.8, 4) is 23.0 Å². The summed E-state index contributed by atoms with van der Waals surface area (Å²) in [5.41, 5.74) is 1.27. The molecule has 1 N–H and O–H groups in total. The average molecular weight is 406 g/mol. The number of halogens is 1. The Bertz CT molecular complexity index is 934. The topological polar surface area (TPSA) is 86.5 Å². The number of benzene rings is 2. The molecule has 1 amide bonds. The highest BCUT2D eigenvalue weighted by Crippen LogP contribution is 2.36. The Morgan fingerprint density at radius 2 is 1.89 bits per heavy atom. The quantitative estimate of drug-likeness (QED) is 0.591. The minimum absolute atomic E-state index is 0.0865. The zero-order valence-corrected chi connectivity index (χ0v) is 16.1. The van der Waals surface area contributed by atoms with Crippen molar-refractivity contribution in [2.45, 2.75) is 5.22 Å². The number of hydrogen-bond donors (Lipinski definition) is 1. The van der Waals surface area contributed by atoms with Crippen LogP contribution in [0.25, 0.3) is 11.5 Å². The highest BCUT2D eigenvalue weighted by atomic mass is 35.5. The van der Waals surface area contributed by atoms with Gasteiger partial charge < -0.3 is 19.2 Å². The molecule has 0 radical (unpaired) electrons. The number of anilines is 1. The van der Waals surface area contributed by atoms with Crippen LogP contribution < -0.4 is 14.8 Å². The molecule has 3 rings (SSSR count). The van der Waals surface area contributed by atoms with Crippen LogP contribution in [0.1, 0.15) is 0 Å². The van der Waals surface area contributed by atoms with Gasteiger partial charge in [0.1, 0.15) is 11.5 Å². The van der Waals surface area contributed by atoms with Gasteiger partial charge in [-0.3, -0.25) is 4.79 Å². The van der Waals surface area contributed by atoms with E-state index in [1.165, 1.54) is 14.2 Å². The first kappa shape index (κ1) is 19.1. The summed E-state index contributed by atoms with van der Waals surface area (Å²) in [7, 11) is 3.00. The Morgan fingerprint density at radius 3 is 2.59 bits per heavy atom. The smallest absolute Gasteiger partial charge is 0.277 e. The molecule has 1 aromatic heterocycles. The lowest BCUT2D eigenvalue weighted by Gasteiger charge is -2.12. The molecule has 0 spiro atoms. The lowest BCUT2D eigenvalue weighted by atomic mass is 10.2. The van der Waals surface area contributed by atoms with Crippen LogP contribution in [-0.2, 0) is 4.79 Å². The van der Waals surface area contributed by atoms with Gasteiger partial charge in [0.25, 0.3) is 5.22 Å². The molecule has 0 aliphatic carbocycles. The molecule has 3 aromatic rings. The Kier molecular flexibility index (Phi) is 6.20.